The molecule has 1 aromatic heterocycles. The molecule has 0 bridgehead atoms. The predicted molar refractivity (Wildman–Crippen MR) is 133 cm³/mol. The highest BCUT2D eigenvalue weighted by molar-refractivity contribution is 7.10. The summed E-state index contributed by atoms with van der Waals surface area (Å²) in [6.07, 6.45) is 0. The summed E-state index contributed by atoms with van der Waals surface area (Å²) in [5.41, 5.74) is 3.10. The summed E-state index contributed by atoms with van der Waals surface area (Å²) in [5, 5.41) is 13.9. The number of amides is 3. The number of hydrogen-bond acceptors (Lipinski definition) is 5. The maximum absolute atomic E-state index is 13.4. The molecule has 0 saturated carbocycles. The second kappa shape index (κ2) is 12.5. The average Bonchev–Trinajstić information content (AvgIpc) is 3.26. The molecule has 0 unspecified atom stereocenters. The summed E-state index contributed by atoms with van der Waals surface area (Å²) in [4.78, 5) is 30.8. The van der Waals surface area contributed by atoms with Gasteiger partial charge >= 0.3 is 6.03 Å². The van der Waals surface area contributed by atoms with Gasteiger partial charge in [0.2, 0.25) is 5.91 Å². The van der Waals surface area contributed by atoms with Crippen molar-refractivity contribution in [3.8, 4) is 6.07 Å². The monoisotopic (exact) mass is 476 g/mol. The first-order chi connectivity index (χ1) is 16.5. The van der Waals surface area contributed by atoms with Crippen LogP contribution in [0.4, 0.5) is 10.5 Å². The van der Waals surface area contributed by atoms with E-state index in [9.17, 15) is 9.59 Å². The molecule has 176 valence electrons. The number of methoxy groups -OCH3 is 1. The molecule has 3 amide bonds. The molecule has 3 rings (SSSR count). The standard InChI is InChI=1S/C26H28N4O3S/c1-20-11-14-34-24(20)18-30(17-21-7-4-3-5-8-21)25(31)19-29(12-13-33-2)26(32)28-23-10-6-9-22(15-23)16-27/h3-11,14-15H,12-13,17-19H2,1-2H3,(H,28,32). The average molecular weight is 477 g/mol. The third kappa shape index (κ3) is 7.17. The first-order valence-corrected chi connectivity index (χ1v) is 11.8. The number of nitrogens with zero attached hydrogens (tertiary/aromatic N) is 3. The number of nitrogens with one attached hydrogen (secondary N) is 1. The highest BCUT2D eigenvalue weighted by atomic mass is 32.1. The van der Waals surface area contributed by atoms with Crippen LogP contribution < -0.4 is 5.32 Å². The molecule has 0 fully saturated rings. The van der Waals surface area contributed by atoms with Crippen molar-refractivity contribution in [3.63, 3.8) is 0 Å². The quantitative estimate of drug-likeness (QED) is 0.462. The van der Waals surface area contributed by atoms with E-state index in [-0.39, 0.29) is 19.0 Å². The molecule has 7 nitrogen and oxygen atoms in total. The molecular weight excluding hydrogens is 448 g/mol. The molecule has 0 spiro atoms. The van der Waals surface area contributed by atoms with Crippen LogP contribution in [0.15, 0.2) is 66.0 Å². The van der Waals surface area contributed by atoms with E-state index in [1.807, 2.05) is 48.7 Å². The Balaban J connectivity index is 1.76. The van der Waals surface area contributed by atoms with Gasteiger partial charge in [0.05, 0.1) is 24.8 Å². The number of carbonyl (C=O) groups is 2. The Morgan fingerprint density at radius 3 is 2.53 bits per heavy atom. The number of carbonyl (C=O) groups excluding carboxylic acids is 2. The van der Waals surface area contributed by atoms with Crippen molar-refractivity contribution in [2.45, 2.75) is 20.0 Å². The molecule has 0 radical (unpaired) electrons. The van der Waals surface area contributed by atoms with Crippen molar-refractivity contribution >= 4 is 29.0 Å². The fraction of sp³-hybridized carbons (Fsp3) is 0.269. The second-order valence-corrected chi connectivity index (χ2v) is 8.80. The molecule has 0 saturated heterocycles. The normalized spacial score (nSPS) is 10.4. The van der Waals surface area contributed by atoms with E-state index in [4.69, 9.17) is 10.00 Å². The molecule has 0 aliphatic rings. The molecule has 0 aliphatic heterocycles. The Labute approximate surface area is 204 Å². The van der Waals surface area contributed by atoms with Gasteiger partial charge in [-0.1, -0.05) is 36.4 Å². The number of ether oxygens (including phenoxy) is 1. The topological polar surface area (TPSA) is 85.7 Å². The lowest BCUT2D eigenvalue weighted by molar-refractivity contribution is -0.133. The minimum absolute atomic E-state index is 0.0929. The Morgan fingerprint density at radius 2 is 1.85 bits per heavy atom. The van der Waals surface area contributed by atoms with E-state index >= 15 is 0 Å². The van der Waals surface area contributed by atoms with Crippen LogP contribution in [0.25, 0.3) is 0 Å². The summed E-state index contributed by atoms with van der Waals surface area (Å²) in [5.74, 6) is -0.159. The first kappa shape index (κ1) is 25.0. The van der Waals surface area contributed by atoms with Crippen molar-refractivity contribution in [1.29, 1.82) is 5.26 Å². The number of hydrogen-bond donors (Lipinski definition) is 1. The van der Waals surface area contributed by atoms with Crippen LogP contribution in [0.5, 0.6) is 0 Å². The zero-order chi connectivity index (χ0) is 24.3. The number of urea groups is 1. The minimum Gasteiger partial charge on any atom is -0.383 e. The van der Waals surface area contributed by atoms with Crippen LogP contribution in [0.3, 0.4) is 0 Å². The lowest BCUT2D eigenvalue weighted by Crippen LogP contribution is -2.45. The van der Waals surface area contributed by atoms with Gasteiger partial charge in [0, 0.05) is 30.8 Å². The van der Waals surface area contributed by atoms with E-state index in [0.29, 0.717) is 30.9 Å². The van der Waals surface area contributed by atoms with Crippen LogP contribution in [0, 0.1) is 18.3 Å². The molecule has 3 aromatic rings. The Bertz CT molecular complexity index is 1140. The fourth-order valence-corrected chi connectivity index (χ4v) is 4.28. The molecule has 0 atom stereocenters. The molecule has 34 heavy (non-hydrogen) atoms. The van der Waals surface area contributed by atoms with Crippen LogP contribution in [0.2, 0.25) is 0 Å². The van der Waals surface area contributed by atoms with Crippen molar-refractivity contribution < 1.29 is 14.3 Å². The van der Waals surface area contributed by atoms with Crippen LogP contribution in [-0.2, 0) is 22.6 Å². The van der Waals surface area contributed by atoms with Gasteiger partial charge in [0.25, 0.3) is 0 Å². The number of aryl methyl sites for hydroxylation is 1. The van der Waals surface area contributed by atoms with Crippen LogP contribution in [0.1, 0.15) is 21.6 Å². The van der Waals surface area contributed by atoms with E-state index in [2.05, 4.69) is 11.4 Å². The third-order valence-electron chi connectivity index (χ3n) is 5.29. The second-order valence-electron chi connectivity index (χ2n) is 7.80. The maximum atomic E-state index is 13.4. The highest BCUT2D eigenvalue weighted by Crippen LogP contribution is 2.20. The lowest BCUT2D eigenvalue weighted by atomic mass is 10.2. The highest BCUT2D eigenvalue weighted by Gasteiger charge is 2.23. The first-order valence-electron chi connectivity index (χ1n) is 10.9. The molecule has 1 N–H and O–H groups in total. The van der Waals surface area contributed by atoms with Crippen LogP contribution in [-0.4, -0.2) is 48.5 Å². The maximum Gasteiger partial charge on any atom is 0.322 e. The minimum atomic E-state index is -0.424. The van der Waals surface area contributed by atoms with Gasteiger partial charge in [0.15, 0.2) is 0 Å². The van der Waals surface area contributed by atoms with E-state index < -0.39 is 6.03 Å². The number of anilines is 1. The lowest BCUT2D eigenvalue weighted by Gasteiger charge is -2.28. The Hall–Kier alpha value is -3.67. The SMILES string of the molecule is COCCN(CC(=O)N(Cc1ccccc1)Cc1sccc1C)C(=O)Nc1cccc(C#N)c1. The van der Waals surface area contributed by atoms with Crippen molar-refractivity contribution in [1.82, 2.24) is 9.80 Å². The molecule has 1 heterocycles. The van der Waals surface area contributed by atoms with Gasteiger partial charge in [0.1, 0.15) is 6.54 Å². The van der Waals surface area contributed by atoms with Gasteiger partial charge in [-0.05, 0) is 47.7 Å². The summed E-state index contributed by atoms with van der Waals surface area (Å²) < 4.78 is 5.16. The van der Waals surface area contributed by atoms with Gasteiger partial charge in [-0.2, -0.15) is 5.26 Å². The van der Waals surface area contributed by atoms with Crippen molar-refractivity contribution in [2.75, 3.05) is 32.1 Å². The molecular formula is C26H28N4O3S. The van der Waals surface area contributed by atoms with Gasteiger partial charge in [-0.25, -0.2) is 4.79 Å². The fourth-order valence-electron chi connectivity index (χ4n) is 3.36. The Morgan fingerprint density at radius 1 is 1.06 bits per heavy atom. The van der Waals surface area contributed by atoms with E-state index in [1.54, 1.807) is 47.6 Å². The zero-order valence-electron chi connectivity index (χ0n) is 19.4. The van der Waals surface area contributed by atoms with Crippen molar-refractivity contribution in [3.05, 3.63) is 87.6 Å². The smallest absolute Gasteiger partial charge is 0.322 e. The van der Waals surface area contributed by atoms with Gasteiger partial charge in [-0.15, -0.1) is 11.3 Å². The molecule has 2 aromatic carbocycles. The van der Waals surface area contributed by atoms with Crippen LogP contribution >= 0.6 is 11.3 Å². The van der Waals surface area contributed by atoms with E-state index in [1.165, 1.54) is 4.90 Å². The van der Waals surface area contributed by atoms with Gasteiger partial charge in [-0.3, -0.25) is 4.79 Å². The number of rotatable bonds is 10. The molecule has 8 heteroatoms. The summed E-state index contributed by atoms with van der Waals surface area (Å²) in [7, 11) is 1.55. The molecule has 0 aliphatic carbocycles. The van der Waals surface area contributed by atoms with E-state index in [0.717, 1.165) is 16.0 Å². The third-order valence-corrected chi connectivity index (χ3v) is 6.30. The van der Waals surface area contributed by atoms with Gasteiger partial charge < -0.3 is 19.9 Å². The number of nitriles is 1. The van der Waals surface area contributed by atoms with Crippen molar-refractivity contribution in [2.24, 2.45) is 0 Å². The largest absolute Gasteiger partial charge is 0.383 e. The summed E-state index contributed by atoms with van der Waals surface area (Å²) in [6, 6.07) is 20.1. The zero-order valence-corrected chi connectivity index (χ0v) is 20.2. The summed E-state index contributed by atoms with van der Waals surface area (Å²) in [6.45, 7) is 3.40. The number of benzene rings is 2. The summed E-state index contributed by atoms with van der Waals surface area (Å²) >= 11 is 1.62. The number of thiophene rings is 1. The predicted octanol–water partition coefficient (Wildman–Crippen LogP) is 4.64. The Kier molecular flexibility index (Phi) is 9.21.